The first-order valence-electron chi connectivity index (χ1n) is 4.05. The Bertz CT molecular complexity index is 387. The van der Waals surface area contributed by atoms with Gasteiger partial charge in [-0.05, 0) is 42.9 Å². The Balaban J connectivity index is 3.03. The molecule has 0 spiro atoms. The molecule has 6 heteroatoms. The Kier molecular flexibility index (Phi) is 3.18. The summed E-state index contributed by atoms with van der Waals surface area (Å²) in [7, 11) is 0. The van der Waals surface area contributed by atoms with Gasteiger partial charge in [0.2, 0.25) is 0 Å². The Morgan fingerprint density at radius 1 is 1.40 bits per heavy atom. The van der Waals surface area contributed by atoms with Crippen molar-refractivity contribution >= 4 is 23.0 Å². The van der Waals surface area contributed by atoms with Crippen LogP contribution in [-0.4, -0.2) is 5.11 Å². The number of anilines is 1. The maximum atomic E-state index is 12.3. The van der Waals surface area contributed by atoms with Gasteiger partial charge in [-0.25, -0.2) is 0 Å². The summed E-state index contributed by atoms with van der Waals surface area (Å²) in [5.41, 5.74) is 5.45. The SMILES string of the molecule is Cc1cc(C(F)(F)F)ccc1NC(N)=S. The lowest BCUT2D eigenvalue weighted by molar-refractivity contribution is -0.137. The molecule has 0 aliphatic carbocycles. The summed E-state index contributed by atoms with van der Waals surface area (Å²) in [6, 6.07) is 3.32. The number of hydrogen-bond acceptors (Lipinski definition) is 1. The van der Waals surface area contributed by atoms with Crippen LogP contribution in [0.3, 0.4) is 0 Å². The summed E-state index contributed by atoms with van der Waals surface area (Å²) in [5, 5.41) is 2.62. The van der Waals surface area contributed by atoms with E-state index in [4.69, 9.17) is 5.73 Å². The molecule has 0 aliphatic heterocycles. The van der Waals surface area contributed by atoms with Crippen molar-refractivity contribution in [2.24, 2.45) is 5.73 Å². The third-order valence-electron chi connectivity index (χ3n) is 1.81. The number of halogens is 3. The number of nitrogens with one attached hydrogen (secondary N) is 1. The summed E-state index contributed by atoms with van der Waals surface area (Å²) < 4.78 is 36.9. The van der Waals surface area contributed by atoms with Crippen LogP contribution >= 0.6 is 12.2 Å². The Labute approximate surface area is 90.3 Å². The van der Waals surface area contributed by atoms with Crippen LogP contribution in [0.15, 0.2) is 18.2 Å². The van der Waals surface area contributed by atoms with E-state index in [9.17, 15) is 13.2 Å². The van der Waals surface area contributed by atoms with E-state index in [2.05, 4.69) is 17.5 Å². The van der Waals surface area contributed by atoms with Gasteiger partial charge in [-0.2, -0.15) is 13.2 Å². The van der Waals surface area contributed by atoms with Gasteiger partial charge >= 0.3 is 6.18 Å². The fraction of sp³-hybridized carbons (Fsp3) is 0.222. The fourth-order valence-electron chi connectivity index (χ4n) is 1.11. The van der Waals surface area contributed by atoms with Crippen LogP contribution < -0.4 is 11.1 Å². The normalized spacial score (nSPS) is 11.2. The highest BCUT2D eigenvalue weighted by atomic mass is 32.1. The third-order valence-corrected chi connectivity index (χ3v) is 1.91. The number of rotatable bonds is 1. The first-order chi connectivity index (χ1) is 6.80. The number of thiocarbonyl (C=S) groups is 1. The third kappa shape index (κ3) is 3.09. The van der Waals surface area contributed by atoms with Crippen LogP contribution in [0.25, 0.3) is 0 Å². The highest BCUT2D eigenvalue weighted by molar-refractivity contribution is 7.80. The first kappa shape index (κ1) is 11.8. The molecule has 0 saturated heterocycles. The van der Waals surface area contributed by atoms with E-state index in [1.54, 1.807) is 6.92 Å². The highest BCUT2D eigenvalue weighted by Gasteiger charge is 2.30. The van der Waals surface area contributed by atoms with E-state index < -0.39 is 11.7 Å². The smallest absolute Gasteiger partial charge is 0.376 e. The second-order valence-electron chi connectivity index (χ2n) is 3.02. The number of hydrogen-bond donors (Lipinski definition) is 2. The van der Waals surface area contributed by atoms with E-state index >= 15 is 0 Å². The van der Waals surface area contributed by atoms with E-state index in [0.29, 0.717) is 11.3 Å². The predicted molar refractivity (Wildman–Crippen MR) is 56.6 cm³/mol. The van der Waals surface area contributed by atoms with Gasteiger partial charge in [-0.1, -0.05) is 0 Å². The van der Waals surface area contributed by atoms with E-state index in [1.165, 1.54) is 6.07 Å². The maximum absolute atomic E-state index is 12.3. The molecule has 0 saturated carbocycles. The molecular weight excluding hydrogens is 225 g/mol. The summed E-state index contributed by atoms with van der Waals surface area (Å²) >= 11 is 4.59. The van der Waals surface area contributed by atoms with Crippen molar-refractivity contribution in [2.45, 2.75) is 13.1 Å². The molecule has 2 nitrogen and oxygen atoms in total. The molecule has 0 amide bonds. The average molecular weight is 234 g/mol. The number of aryl methyl sites for hydroxylation is 1. The Morgan fingerprint density at radius 2 is 2.00 bits per heavy atom. The van der Waals surface area contributed by atoms with Crippen LogP contribution in [0, 0.1) is 6.92 Å². The zero-order valence-corrected chi connectivity index (χ0v) is 8.67. The molecule has 0 aromatic heterocycles. The van der Waals surface area contributed by atoms with Gasteiger partial charge in [0.1, 0.15) is 0 Å². The van der Waals surface area contributed by atoms with Crippen molar-refractivity contribution in [3.63, 3.8) is 0 Å². The van der Waals surface area contributed by atoms with Crippen LogP contribution in [0.1, 0.15) is 11.1 Å². The van der Waals surface area contributed by atoms with Gasteiger partial charge < -0.3 is 11.1 Å². The second kappa shape index (κ2) is 4.06. The lowest BCUT2D eigenvalue weighted by Gasteiger charge is -2.11. The summed E-state index contributed by atoms with van der Waals surface area (Å²) in [6.45, 7) is 1.55. The first-order valence-corrected chi connectivity index (χ1v) is 4.46. The number of benzene rings is 1. The molecule has 0 aliphatic rings. The van der Waals surface area contributed by atoms with Crippen molar-refractivity contribution in [1.29, 1.82) is 0 Å². The standard InChI is InChI=1S/C9H9F3N2S/c1-5-4-6(9(10,11)12)2-3-7(5)14-8(13)15/h2-4H,1H3,(H3,13,14,15). The topological polar surface area (TPSA) is 38.0 Å². The molecule has 15 heavy (non-hydrogen) atoms. The molecule has 0 fully saturated rings. The van der Waals surface area contributed by atoms with Crippen LogP contribution in [0.4, 0.5) is 18.9 Å². The molecule has 0 atom stereocenters. The largest absolute Gasteiger partial charge is 0.416 e. The summed E-state index contributed by atoms with van der Waals surface area (Å²) in [4.78, 5) is 0. The van der Waals surface area contributed by atoms with Gasteiger partial charge in [-0.15, -0.1) is 0 Å². The van der Waals surface area contributed by atoms with Crippen molar-refractivity contribution < 1.29 is 13.2 Å². The molecule has 0 radical (unpaired) electrons. The molecule has 3 N–H and O–H groups in total. The average Bonchev–Trinajstić information content (AvgIpc) is 2.05. The molecule has 1 rings (SSSR count). The van der Waals surface area contributed by atoms with E-state index in [1.807, 2.05) is 0 Å². The lowest BCUT2D eigenvalue weighted by Crippen LogP contribution is -2.19. The van der Waals surface area contributed by atoms with Gasteiger partial charge in [0.05, 0.1) is 5.56 Å². The molecule has 0 unspecified atom stereocenters. The molecule has 82 valence electrons. The fourth-order valence-corrected chi connectivity index (χ4v) is 1.22. The van der Waals surface area contributed by atoms with E-state index in [-0.39, 0.29) is 5.11 Å². The van der Waals surface area contributed by atoms with Crippen molar-refractivity contribution in [3.8, 4) is 0 Å². The molecular formula is C9H9F3N2S. The number of nitrogens with two attached hydrogens (primary N) is 1. The van der Waals surface area contributed by atoms with E-state index in [0.717, 1.165) is 12.1 Å². The maximum Gasteiger partial charge on any atom is 0.416 e. The minimum atomic E-state index is -4.33. The Hall–Kier alpha value is -1.30. The predicted octanol–water partition coefficient (Wildman–Crippen LogP) is 2.67. The number of alkyl halides is 3. The van der Waals surface area contributed by atoms with Gasteiger partial charge in [0.25, 0.3) is 0 Å². The van der Waals surface area contributed by atoms with Crippen molar-refractivity contribution in [2.75, 3.05) is 5.32 Å². The van der Waals surface area contributed by atoms with Crippen LogP contribution in [0.5, 0.6) is 0 Å². The van der Waals surface area contributed by atoms with Crippen LogP contribution in [0.2, 0.25) is 0 Å². The van der Waals surface area contributed by atoms with Crippen molar-refractivity contribution in [1.82, 2.24) is 0 Å². The Morgan fingerprint density at radius 3 is 2.40 bits per heavy atom. The van der Waals surface area contributed by atoms with Gasteiger partial charge in [0, 0.05) is 5.69 Å². The second-order valence-corrected chi connectivity index (χ2v) is 3.46. The molecule has 0 bridgehead atoms. The minimum absolute atomic E-state index is 0.0258. The summed E-state index contributed by atoms with van der Waals surface area (Å²) in [6.07, 6.45) is -4.33. The molecule has 1 aromatic carbocycles. The van der Waals surface area contributed by atoms with Gasteiger partial charge in [0.15, 0.2) is 5.11 Å². The highest BCUT2D eigenvalue weighted by Crippen LogP contribution is 2.31. The lowest BCUT2D eigenvalue weighted by atomic mass is 10.1. The van der Waals surface area contributed by atoms with Crippen molar-refractivity contribution in [3.05, 3.63) is 29.3 Å². The monoisotopic (exact) mass is 234 g/mol. The zero-order valence-electron chi connectivity index (χ0n) is 7.85. The van der Waals surface area contributed by atoms with Crippen LogP contribution in [-0.2, 0) is 6.18 Å². The zero-order chi connectivity index (χ0) is 11.6. The summed E-state index contributed by atoms with van der Waals surface area (Å²) in [5.74, 6) is 0. The molecule has 1 aromatic rings. The quantitative estimate of drug-likeness (QED) is 0.734. The van der Waals surface area contributed by atoms with Gasteiger partial charge in [-0.3, -0.25) is 0 Å². The minimum Gasteiger partial charge on any atom is -0.376 e. The molecule has 0 heterocycles.